The van der Waals surface area contributed by atoms with Gasteiger partial charge in [-0.3, -0.25) is 10.1 Å². The van der Waals surface area contributed by atoms with Crippen molar-refractivity contribution in [1.29, 1.82) is 0 Å². The van der Waals surface area contributed by atoms with E-state index in [2.05, 4.69) is 9.97 Å². The Bertz CT molecular complexity index is 396. The quantitative estimate of drug-likeness (QED) is 0.414. The first kappa shape index (κ1) is 12.1. The fraction of sp³-hybridized carbons (Fsp3) is 0.500. The predicted molar refractivity (Wildman–Crippen MR) is 55.0 cm³/mol. The maximum absolute atomic E-state index is 10.7. The van der Waals surface area contributed by atoms with Gasteiger partial charge in [0.25, 0.3) is 5.88 Å². The molecule has 0 saturated carbocycles. The second-order valence-electron chi connectivity index (χ2n) is 3.00. The number of aryl methyl sites for hydroxylation is 1. The van der Waals surface area contributed by atoms with Gasteiger partial charge in [0.05, 0.1) is 11.5 Å². The standard InChI is InChI=1S/C8H12N4O4/c1-5-6(12(14)15)7(11-8(9)10-5)16-4-2-3-13/h13H,2-4H2,1H3,(H2,9,10,11). The summed E-state index contributed by atoms with van der Waals surface area (Å²) in [6.07, 6.45) is 0.361. The summed E-state index contributed by atoms with van der Waals surface area (Å²) in [7, 11) is 0. The van der Waals surface area contributed by atoms with Crippen LogP contribution in [0.25, 0.3) is 0 Å². The van der Waals surface area contributed by atoms with Crippen molar-refractivity contribution in [3.63, 3.8) is 0 Å². The van der Waals surface area contributed by atoms with Gasteiger partial charge in [0.2, 0.25) is 5.95 Å². The summed E-state index contributed by atoms with van der Waals surface area (Å²) in [5, 5.41) is 19.3. The number of ether oxygens (including phenoxy) is 1. The van der Waals surface area contributed by atoms with Crippen molar-refractivity contribution in [1.82, 2.24) is 9.97 Å². The lowest BCUT2D eigenvalue weighted by atomic mass is 10.3. The van der Waals surface area contributed by atoms with Crippen LogP contribution in [0, 0.1) is 17.0 Å². The van der Waals surface area contributed by atoms with Crippen LogP contribution in [0.15, 0.2) is 0 Å². The molecule has 16 heavy (non-hydrogen) atoms. The molecule has 0 fully saturated rings. The van der Waals surface area contributed by atoms with E-state index in [9.17, 15) is 10.1 Å². The van der Waals surface area contributed by atoms with Crippen LogP contribution in [0.2, 0.25) is 0 Å². The largest absolute Gasteiger partial charge is 0.473 e. The summed E-state index contributed by atoms with van der Waals surface area (Å²) in [5.74, 6) is -0.245. The van der Waals surface area contributed by atoms with Gasteiger partial charge >= 0.3 is 5.69 Å². The molecular formula is C8H12N4O4. The van der Waals surface area contributed by atoms with E-state index in [-0.39, 0.29) is 36.4 Å². The number of nitrogens with zero attached hydrogens (tertiary/aromatic N) is 3. The van der Waals surface area contributed by atoms with E-state index in [4.69, 9.17) is 15.6 Å². The van der Waals surface area contributed by atoms with E-state index in [1.165, 1.54) is 6.92 Å². The van der Waals surface area contributed by atoms with Crippen LogP contribution in [0.1, 0.15) is 12.1 Å². The maximum Gasteiger partial charge on any atom is 0.352 e. The van der Waals surface area contributed by atoms with Crippen molar-refractivity contribution in [2.45, 2.75) is 13.3 Å². The smallest absolute Gasteiger partial charge is 0.352 e. The molecule has 0 aliphatic rings. The van der Waals surface area contributed by atoms with Gasteiger partial charge < -0.3 is 15.6 Å². The molecule has 3 N–H and O–H groups in total. The Kier molecular flexibility index (Phi) is 3.95. The van der Waals surface area contributed by atoms with Crippen molar-refractivity contribution in [3.05, 3.63) is 15.8 Å². The Hall–Kier alpha value is -1.96. The molecule has 0 amide bonds. The molecule has 1 rings (SSSR count). The van der Waals surface area contributed by atoms with Crippen LogP contribution in [-0.4, -0.2) is 33.2 Å². The Morgan fingerprint density at radius 2 is 2.25 bits per heavy atom. The number of aliphatic hydroxyl groups is 1. The fourth-order valence-electron chi connectivity index (χ4n) is 1.11. The highest BCUT2D eigenvalue weighted by molar-refractivity contribution is 5.47. The van der Waals surface area contributed by atoms with Crippen LogP contribution in [-0.2, 0) is 0 Å². The Labute approximate surface area is 91.2 Å². The molecule has 88 valence electrons. The van der Waals surface area contributed by atoms with Crippen molar-refractivity contribution in [3.8, 4) is 5.88 Å². The van der Waals surface area contributed by atoms with Crippen LogP contribution >= 0.6 is 0 Å². The van der Waals surface area contributed by atoms with E-state index in [0.717, 1.165) is 0 Å². The van der Waals surface area contributed by atoms with Crippen LogP contribution in [0.5, 0.6) is 5.88 Å². The summed E-state index contributed by atoms with van der Waals surface area (Å²) in [5.41, 5.74) is 5.21. The van der Waals surface area contributed by atoms with Crippen LogP contribution < -0.4 is 10.5 Å². The Morgan fingerprint density at radius 1 is 1.56 bits per heavy atom. The number of hydrogen-bond donors (Lipinski definition) is 2. The molecule has 1 aromatic rings. The molecule has 0 atom stereocenters. The zero-order chi connectivity index (χ0) is 12.1. The number of rotatable bonds is 5. The molecule has 0 aromatic carbocycles. The number of hydrogen-bond acceptors (Lipinski definition) is 7. The van der Waals surface area contributed by atoms with Gasteiger partial charge in [-0.15, -0.1) is 0 Å². The van der Waals surface area contributed by atoms with Gasteiger partial charge in [0.15, 0.2) is 0 Å². The third-order valence-electron chi connectivity index (χ3n) is 1.77. The van der Waals surface area contributed by atoms with Gasteiger partial charge in [-0.05, 0) is 6.92 Å². The highest BCUT2D eigenvalue weighted by Crippen LogP contribution is 2.27. The molecule has 0 spiro atoms. The molecule has 0 radical (unpaired) electrons. The Morgan fingerprint density at radius 3 is 2.81 bits per heavy atom. The topological polar surface area (TPSA) is 124 Å². The molecule has 8 nitrogen and oxygen atoms in total. The molecule has 0 bridgehead atoms. The van der Waals surface area contributed by atoms with Gasteiger partial charge in [-0.25, -0.2) is 4.98 Å². The summed E-state index contributed by atoms with van der Waals surface area (Å²) in [4.78, 5) is 17.4. The fourth-order valence-corrected chi connectivity index (χ4v) is 1.11. The minimum atomic E-state index is -0.622. The molecule has 8 heteroatoms. The Balaban J connectivity index is 2.99. The van der Waals surface area contributed by atoms with Crippen molar-refractivity contribution >= 4 is 11.6 Å². The van der Waals surface area contributed by atoms with E-state index in [0.29, 0.717) is 6.42 Å². The van der Waals surface area contributed by atoms with Gasteiger partial charge in [-0.1, -0.05) is 0 Å². The molecule has 1 aromatic heterocycles. The lowest BCUT2D eigenvalue weighted by Crippen LogP contribution is -2.08. The molecule has 0 unspecified atom stereocenters. The van der Waals surface area contributed by atoms with Crippen LogP contribution in [0.4, 0.5) is 11.6 Å². The van der Waals surface area contributed by atoms with Crippen LogP contribution in [0.3, 0.4) is 0 Å². The number of aromatic nitrogens is 2. The molecular weight excluding hydrogens is 216 g/mol. The van der Waals surface area contributed by atoms with E-state index < -0.39 is 4.92 Å². The lowest BCUT2D eigenvalue weighted by Gasteiger charge is -2.06. The summed E-state index contributed by atoms with van der Waals surface area (Å²) >= 11 is 0. The van der Waals surface area contributed by atoms with Gasteiger partial charge in [-0.2, -0.15) is 4.98 Å². The first-order valence-electron chi connectivity index (χ1n) is 4.58. The number of nitrogens with two attached hydrogens (primary N) is 1. The van der Waals surface area contributed by atoms with E-state index in [1.54, 1.807) is 0 Å². The number of anilines is 1. The molecule has 0 aliphatic carbocycles. The number of nitrogen functional groups attached to an aromatic ring is 1. The molecule has 1 heterocycles. The summed E-state index contributed by atoms with van der Waals surface area (Å²) in [6, 6.07) is 0. The first-order valence-corrected chi connectivity index (χ1v) is 4.58. The third kappa shape index (κ3) is 2.76. The maximum atomic E-state index is 10.7. The highest BCUT2D eigenvalue weighted by atomic mass is 16.6. The molecule has 0 saturated heterocycles. The first-order chi connectivity index (χ1) is 7.56. The minimum absolute atomic E-state index is 0.0622. The molecule has 0 aliphatic heterocycles. The average Bonchev–Trinajstić information content (AvgIpc) is 2.16. The zero-order valence-electron chi connectivity index (χ0n) is 8.71. The van der Waals surface area contributed by atoms with Gasteiger partial charge in [0, 0.05) is 13.0 Å². The minimum Gasteiger partial charge on any atom is -0.473 e. The van der Waals surface area contributed by atoms with Crippen molar-refractivity contribution in [2.24, 2.45) is 0 Å². The highest BCUT2D eigenvalue weighted by Gasteiger charge is 2.22. The second-order valence-corrected chi connectivity index (χ2v) is 3.00. The predicted octanol–water partition coefficient (Wildman–Crippen LogP) is 0.0366. The van der Waals surface area contributed by atoms with E-state index in [1.807, 2.05) is 0 Å². The second kappa shape index (κ2) is 5.21. The third-order valence-corrected chi connectivity index (χ3v) is 1.77. The number of aliphatic hydroxyl groups excluding tert-OH is 1. The van der Waals surface area contributed by atoms with Gasteiger partial charge in [0.1, 0.15) is 5.69 Å². The average molecular weight is 228 g/mol. The normalized spacial score (nSPS) is 10.1. The lowest BCUT2D eigenvalue weighted by molar-refractivity contribution is -0.387. The van der Waals surface area contributed by atoms with Crippen molar-refractivity contribution in [2.75, 3.05) is 18.9 Å². The van der Waals surface area contributed by atoms with E-state index >= 15 is 0 Å². The van der Waals surface area contributed by atoms with Crippen molar-refractivity contribution < 1.29 is 14.8 Å². The summed E-state index contributed by atoms with van der Waals surface area (Å²) in [6.45, 7) is 1.52. The monoisotopic (exact) mass is 228 g/mol. The SMILES string of the molecule is Cc1nc(N)nc(OCCCO)c1[N+](=O)[O-]. The summed E-state index contributed by atoms with van der Waals surface area (Å²) < 4.78 is 5.07. The number of nitro groups is 1. The zero-order valence-corrected chi connectivity index (χ0v) is 8.71.